The average molecular weight is 547 g/mol. The molecule has 0 saturated carbocycles. The summed E-state index contributed by atoms with van der Waals surface area (Å²) < 4.78 is 4.24. The Labute approximate surface area is 227 Å². The van der Waals surface area contributed by atoms with Gasteiger partial charge in [0.1, 0.15) is 12.6 Å². The molecule has 9 heteroatoms. The number of fused-ring (bicyclic) bond motifs is 1. The van der Waals surface area contributed by atoms with Crippen LogP contribution in [-0.4, -0.2) is 69.6 Å². The minimum Gasteiger partial charge on any atom is -0.461 e. The number of carbonyl (C=O) groups excluding carboxylic acids is 3. The van der Waals surface area contributed by atoms with Gasteiger partial charge in [0.25, 0.3) is 5.91 Å². The summed E-state index contributed by atoms with van der Waals surface area (Å²) in [5.41, 5.74) is 0.562. The van der Waals surface area contributed by atoms with Crippen molar-refractivity contribution in [2.45, 2.75) is 54.6 Å². The molecule has 37 heavy (non-hydrogen) atoms. The highest BCUT2D eigenvalue weighted by atomic mass is 35.5. The Hall–Kier alpha value is -2.29. The van der Waals surface area contributed by atoms with Crippen molar-refractivity contribution in [3.8, 4) is 0 Å². The summed E-state index contributed by atoms with van der Waals surface area (Å²) in [6.45, 7) is 10.3. The molecule has 1 N–H and O–H groups in total. The monoisotopic (exact) mass is 546 g/mol. The van der Waals surface area contributed by atoms with Gasteiger partial charge in [-0.15, -0.1) is 18.3 Å². The zero-order valence-electron chi connectivity index (χ0n) is 21.2. The zero-order valence-corrected chi connectivity index (χ0v) is 22.8. The van der Waals surface area contributed by atoms with Crippen molar-refractivity contribution >= 4 is 46.8 Å². The zero-order chi connectivity index (χ0) is 26.8. The van der Waals surface area contributed by atoms with Crippen molar-refractivity contribution in [3.05, 3.63) is 54.6 Å². The van der Waals surface area contributed by atoms with Crippen LogP contribution in [0, 0.1) is 11.8 Å². The minimum atomic E-state index is -0.751. The normalized spacial score (nSPS) is 29.8. The Morgan fingerprint density at radius 3 is 2.68 bits per heavy atom. The lowest BCUT2D eigenvalue weighted by atomic mass is 9.66. The molecule has 4 rings (SSSR count). The molecular weight excluding hydrogens is 512 g/mol. The molecule has 5 atom stereocenters. The van der Waals surface area contributed by atoms with Crippen LogP contribution in [0.5, 0.6) is 0 Å². The summed E-state index contributed by atoms with van der Waals surface area (Å²) in [5.74, 6) is -2.07. The van der Waals surface area contributed by atoms with Crippen molar-refractivity contribution in [1.82, 2.24) is 4.90 Å². The van der Waals surface area contributed by atoms with E-state index in [9.17, 15) is 19.5 Å². The summed E-state index contributed by atoms with van der Waals surface area (Å²) in [6.07, 6.45) is 6.54. The first-order valence-corrected chi connectivity index (χ1v) is 14.0. The smallest absolute Gasteiger partial charge is 0.311 e. The minimum absolute atomic E-state index is 0.0773. The molecule has 3 heterocycles. The van der Waals surface area contributed by atoms with Gasteiger partial charge < -0.3 is 19.6 Å². The highest BCUT2D eigenvalue weighted by Gasteiger charge is 2.77. The van der Waals surface area contributed by atoms with Crippen LogP contribution in [0.25, 0.3) is 0 Å². The number of anilines is 1. The SMILES string of the molecule is C=CCOC(=O)[C@@H]1[C@H]2C(=O)N(CCCCCO)C(C(=O)N(CC=C)c3ccccc3Cl)C23CC[C@@]1(C)S3. The maximum atomic E-state index is 14.5. The van der Waals surface area contributed by atoms with Crippen molar-refractivity contribution < 1.29 is 24.2 Å². The van der Waals surface area contributed by atoms with Crippen LogP contribution >= 0.6 is 23.4 Å². The lowest BCUT2D eigenvalue weighted by molar-refractivity contribution is -0.154. The van der Waals surface area contributed by atoms with Crippen molar-refractivity contribution in [3.63, 3.8) is 0 Å². The Morgan fingerprint density at radius 2 is 2.00 bits per heavy atom. The first kappa shape index (κ1) is 27.7. The summed E-state index contributed by atoms with van der Waals surface area (Å²) in [6, 6.07) is 6.40. The molecule has 200 valence electrons. The third kappa shape index (κ3) is 4.72. The maximum absolute atomic E-state index is 14.5. The van der Waals surface area contributed by atoms with E-state index in [2.05, 4.69) is 13.2 Å². The number of unbranched alkanes of at least 4 members (excludes halogenated alkanes) is 2. The molecule has 1 aromatic rings. The molecule has 3 aliphatic rings. The van der Waals surface area contributed by atoms with Crippen LogP contribution in [-0.2, 0) is 19.1 Å². The number of aliphatic hydroxyl groups excluding tert-OH is 1. The van der Waals surface area contributed by atoms with Gasteiger partial charge in [-0.05, 0) is 51.2 Å². The molecule has 3 aliphatic heterocycles. The quantitative estimate of drug-likeness (QED) is 0.240. The standard InChI is InChI=1S/C28H35ClN2O5S/c1-4-15-30(20-12-8-7-11-19(20)29)25(34)23-28-14-13-27(3,37-28)22(26(35)36-18-5-2)21(28)24(33)31(23)16-9-6-10-17-32/h4-5,7-8,11-12,21-23,32H,1-2,6,9-10,13-18H2,3H3/t21-,22-,23?,27+,28?/m0/s1. The Morgan fingerprint density at radius 1 is 1.24 bits per heavy atom. The van der Waals surface area contributed by atoms with E-state index < -0.39 is 33.3 Å². The molecule has 0 aromatic heterocycles. The van der Waals surface area contributed by atoms with Gasteiger partial charge in [-0.25, -0.2) is 0 Å². The molecule has 1 aromatic carbocycles. The van der Waals surface area contributed by atoms with Crippen LogP contribution in [0.2, 0.25) is 5.02 Å². The van der Waals surface area contributed by atoms with E-state index in [1.54, 1.807) is 45.8 Å². The van der Waals surface area contributed by atoms with E-state index in [0.29, 0.717) is 42.9 Å². The number of benzene rings is 1. The van der Waals surface area contributed by atoms with E-state index in [1.165, 1.54) is 6.08 Å². The highest BCUT2D eigenvalue weighted by molar-refractivity contribution is 8.02. The van der Waals surface area contributed by atoms with E-state index in [1.807, 2.05) is 13.0 Å². The van der Waals surface area contributed by atoms with Gasteiger partial charge in [0, 0.05) is 24.4 Å². The summed E-state index contributed by atoms with van der Waals surface area (Å²) in [5, 5.41) is 9.66. The van der Waals surface area contributed by atoms with E-state index in [0.717, 1.165) is 6.42 Å². The van der Waals surface area contributed by atoms with Crippen LogP contribution in [0.3, 0.4) is 0 Å². The van der Waals surface area contributed by atoms with Gasteiger partial charge in [-0.1, -0.05) is 42.5 Å². The largest absolute Gasteiger partial charge is 0.461 e. The number of likely N-dealkylation sites (tertiary alicyclic amines) is 1. The van der Waals surface area contributed by atoms with Gasteiger partial charge in [0.05, 0.1) is 27.3 Å². The number of para-hydroxylation sites is 1. The van der Waals surface area contributed by atoms with Crippen molar-refractivity contribution in [1.29, 1.82) is 0 Å². The molecule has 0 aliphatic carbocycles. The van der Waals surface area contributed by atoms with E-state index in [-0.39, 0.29) is 31.6 Å². The molecule has 7 nitrogen and oxygen atoms in total. The summed E-state index contributed by atoms with van der Waals surface area (Å²) in [4.78, 5) is 45.1. The van der Waals surface area contributed by atoms with Gasteiger partial charge >= 0.3 is 5.97 Å². The number of hydrogen-bond acceptors (Lipinski definition) is 6. The Kier molecular flexibility index (Phi) is 8.41. The Balaban J connectivity index is 1.76. The number of aliphatic hydroxyl groups is 1. The average Bonchev–Trinajstić information content (AvgIpc) is 3.44. The number of hydrogen-bond donors (Lipinski definition) is 1. The first-order chi connectivity index (χ1) is 17.8. The number of carbonyl (C=O) groups is 3. The molecule has 2 unspecified atom stereocenters. The van der Waals surface area contributed by atoms with Crippen LogP contribution in [0.15, 0.2) is 49.6 Å². The molecule has 2 bridgehead atoms. The predicted molar refractivity (Wildman–Crippen MR) is 147 cm³/mol. The number of rotatable bonds is 12. The van der Waals surface area contributed by atoms with E-state index >= 15 is 0 Å². The lowest BCUT2D eigenvalue weighted by Gasteiger charge is -2.37. The third-order valence-electron chi connectivity index (χ3n) is 7.89. The fourth-order valence-electron chi connectivity index (χ4n) is 6.36. The second-order valence-corrected chi connectivity index (χ2v) is 12.5. The summed E-state index contributed by atoms with van der Waals surface area (Å²) >= 11 is 8.11. The second kappa shape index (κ2) is 11.2. The van der Waals surface area contributed by atoms with Gasteiger partial charge in [0.2, 0.25) is 5.91 Å². The first-order valence-electron chi connectivity index (χ1n) is 12.8. The van der Waals surface area contributed by atoms with Gasteiger partial charge in [0.15, 0.2) is 0 Å². The number of ether oxygens (including phenoxy) is 1. The van der Waals surface area contributed by atoms with Crippen LogP contribution in [0.4, 0.5) is 5.69 Å². The fraction of sp³-hybridized carbons (Fsp3) is 0.536. The van der Waals surface area contributed by atoms with Crippen molar-refractivity contribution in [2.24, 2.45) is 11.8 Å². The summed E-state index contributed by atoms with van der Waals surface area (Å²) in [7, 11) is 0. The maximum Gasteiger partial charge on any atom is 0.311 e. The topological polar surface area (TPSA) is 87.1 Å². The van der Waals surface area contributed by atoms with E-state index in [4.69, 9.17) is 16.3 Å². The highest BCUT2D eigenvalue weighted by Crippen LogP contribution is 2.71. The lowest BCUT2D eigenvalue weighted by Crippen LogP contribution is -2.55. The molecule has 3 saturated heterocycles. The van der Waals surface area contributed by atoms with Crippen molar-refractivity contribution in [2.75, 3.05) is 31.2 Å². The third-order valence-corrected chi connectivity index (χ3v) is 10.2. The molecule has 1 spiro atoms. The molecule has 0 radical (unpaired) electrons. The number of nitrogens with zero attached hydrogens (tertiary/aromatic N) is 2. The number of halogens is 1. The molecule has 2 amide bonds. The Bertz CT molecular complexity index is 1080. The van der Waals surface area contributed by atoms with Gasteiger partial charge in [-0.2, -0.15) is 0 Å². The molecular formula is C28H35ClN2O5S. The number of esters is 1. The number of amides is 2. The van der Waals surface area contributed by atoms with Crippen LogP contribution < -0.4 is 4.90 Å². The fourth-order valence-corrected chi connectivity index (χ4v) is 8.94. The second-order valence-electron chi connectivity index (χ2n) is 10.2. The van der Waals surface area contributed by atoms with Gasteiger partial charge in [-0.3, -0.25) is 14.4 Å². The molecule has 3 fully saturated rings. The predicted octanol–water partition coefficient (Wildman–Crippen LogP) is 4.23. The number of thioether (sulfide) groups is 1. The van der Waals surface area contributed by atoms with Crippen LogP contribution in [0.1, 0.15) is 39.0 Å².